The quantitative estimate of drug-likeness (QED) is 0.499. The Balaban J connectivity index is 1.66. The summed E-state index contributed by atoms with van der Waals surface area (Å²) in [6.45, 7) is 7.28. The Hall–Kier alpha value is -2.74. The first-order valence-electron chi connectivity index (χ1n) is 9.28. The van der Waals surface area contributed by atoms with Gasteiger partial charge in [-0.05, 0) is 68.1 Å². The van der Waals surface area contributed by atoms with Crippen LogP contribution in [0, 0.1) is 6.92 Å². The summed E-state index contributed by atoms with van der Waals surface area (Å²) in [7, 11) is 0. The molecule has 0 aromatic heterocycles. The second-order valence-electron chi connectivity index (χ2n) is 6.65. The molecule has 0 bridgehead atoms. The van der Waals surface area contributed by atoms with Gasteiger partial charge in [-0.2, -0.15) is 0 Å². The predicted molar refractivity (Wildman–Crippen MR) is 110 cm³/mol. The molecule has 0 saturated carbocycles. The predicted octanol–water partition coefficient (Wildman–Crippen LogP) is 5.84. The number of aryl methyl sites for hydroxylation is 1. The first-order valence-corrected chi connectivity index (χ1v) is 9.28. The van der Waals surface area contributed by atoms with Crippen LogP contribution in [0.4, 0.5) is 5.69 Å². The van der Waals surface area contributed by atoms with Gasteiger partial charge in [-0.15, -0.1) is 0 Å². The molecule has 0 aliphatic heterocycles. The molecule has 0 heterocycles. The molecule has 1 atom stereocenters. The molecule has 0 aliphatic carbocycles. The first kappa shape index (κ1) is 18.1. The molecule has 3 rings (SSSR count). The van der Waals surface area contributed by atoms with E-state index in [0.717, 1.165) is 18.7 Å². The molecule has 3 aromatic carbocycles. The highest BCUT2D eigenvalue weighted by Crippen LogP contribution is 2.22. The van der Waals surface area contributed by atoms with Gasteiger partial charge in [0.15, 0.2) is 6.23 Å². The molecule has 134 valence electrons. The molecule has 2 heteroatoms. The molecular weight excluding hydrogens is 318 g/mol. The summed E-state index contributed by atoms with van der Waals surface area (Å²) in [6.07, 6.45) is 0.919. The van der Waals surface area contributed by atoms with Crippen molar-refractivity contribution in [2.75, 3.05) is 11.4 Å². The molecule has 26 heavy (non-hydrogen) atoms. The summed E-state index contributed by atoms with van der Waals surface area (Å²) < 4.78 is 6.19. The molecule has 1 unspecified atom stereocenters. The van der Waals surface area contributed by atoms with Crippen molar-refractivity contribution in [1.29, 1.82) is 0 Å². The number of anilines is 1. The Kier molecular flexibility index (Phi) is 5.96. The SMILES string of the molecule is CCN(c1cccc(C)c1)C(C)Oc1ccc(Cc2ccccc2)cc1. The molecule has 0 aliphatic rings. The Bertz CT molecular complexity index is 811. The van der Waals surface area contributed by atoms with Crippen LogP contribution in [0.3, 0.4) is 0 Å². The van der Waals surface area contributed by atoms with Gasteiger partial charge in [0.1, 0.15) is 5.75 Å². The fourth-order valence-corrected chi connectivity index (χ4v) is 3.23. The van der Waals surface area contributed by atoms with Gasteiger partial charge < -0.3 is 9.64 Å². The van der Waals surface area contributed by atoms with E-state index in [1.807, 2.05) is 0 Å². The lowest BCUT2D eigenvalue weighted by molar-refractivity contribution is 0.216. The Morgan fingerprint density at radius 3 is 2.19 bits per heavy atom. The van der Waals surface area contributed by atoms with Crippen molar-refractivity contribution in [1.82, 2.24) is 0 Å². The number of benzene rings is 3. The third-order valence-electron chi connectivity index (χ3n) is 4.59. The van der Waals surface area contributed by atoms with E-state index in [4.69, 9.17) is 4.74 Å². The lowest BCUT2D eigenvalue weighted by atomic mass is 10.1. The zero-order valence-electron chi connectivity index (χ0n) is 15.9. The topological polar surface area (TPSA) is 12.5 Å². The minimum atomic E-state index is -0.0261. The molecule has 0 amide bonds. The van der Waals surface area contributed by atoms with E-state index in [2.05, 4.69) is 105 Å². The van der Waals surface area contributed by atoms with Crippen molar-refractivity contribution < 1.29 is 4.74 Å². The second-order valence-corrected chi connectivity index (χ2v) is 6.65. The van der Waals surface area contributed by atoms with Crippen molar-refractivity contribution in [2.24, 2.45) is 0 Å². The average Bonchev–Trinajstić information content (AvgIpc) is 2.65. The molecule has 2 nitrogen and oxygen atoms in total. The molecule has 0 fully saturated rings. The minimum Gasteiger partial charge on any atom is -0.471 e. The summed E-state index contributed by atoms with van der Waals surface area (Å²) in [5.41, 5.74) is 5.08. The van der Waals surface area contributed by atoms with E-state index in [0.29, 0.717) is 0 Å². The zero-order valence-corrected chi connectivity index (χ0v) is 15.9. The van der Waals surface area contributed by atoms with E-state index in [1.165, 1.54) is 22.4 Å². The van der Waals surface area contributed by atoms with Gasteiger partial charge in [0.05, 0.1) is 0 Å². The van der Waals surface area contributed by atoms with Gasteiger partial charge in [0, 0.05) is 12.2 Å². The van der Waals surface area contributed by atoms with Crippen LogP contribution in [0.1, 0.15) is 30.5 Å². The van der Waals surface area contributed by atoms with Gasteiger partial charge >= 0.3 is 0 Å². The molecule has 3 aromatic rings. The fraction of sp³-hybridized carbons (Fsp3) is 0.250. The van der Waals surface area contributed by atoms with Gasteiger partial charge in [0.25, 0.3) is 0 Å². The fourth-order valence-electron chi connectivity index (χ4n) is 3.23. The van der Waals surface area contributed by atoms with Crippen LogP contribution in [0.15, 0.2) is 78.9 Å². The van der Waals surface area contributed by atoms with E-state index in [-0.39, 0.29) is 6.23 Å². The van der Waals surface area contributed by atoms with Crippen molar-refractivity contribution >= 4 is 5.69 Å². The second kappa shape index (κ2) is 8.57. The molecule has 0 spiro atoms. The summed E-state index contributed by atoms with van der Waals surface area (Å²) in [5, 5.41) is 0. The van der Waals surface area contributed by atoms with Crippen LogP contribution in [0.25, 0.3) is 0 Å². The summed E-state index contributed by atoms with van der Waals surface area (Å²) in [5.74, 6) is 0.903. The number of nitrogens with zero attached hydrogens (tertiary/aromatic N) is 1. The van der Waals surface area contributed by atoms with E-state index in [9.17, 15) is 0 Å². The van der Waals surface area contributed by atoms with Crippen molar-refractivity contribution in [3.63, 3.8) is 0 Å². The van der Waals surface area contributed by atoms with E-state index < -0.39 is 0 Å². The third-order valence-corrected chi connectivity index (χ3v) is 4.59. The van der Waals surface area contributed by atoms with E-state index in [1.54, 1.807) is 0 Å². The maximum absolute atomic E-state index is 6.19. The van der Waals surface area contributed by atoms with E-state index >= 15 is 0 Å². The number of hydrogen-bond donors (Lipinski definition) is 0. The van der Waals surface area contributed by atoms with Crippen molar-refractivity contribution in [3.8, 4) is 5.75 Å². The smallest absolute Gasteiger partial charge is 0.169 e. The summed E-state index contributed by atoms with van der Waals surface area (Å²) in [4.78, 5) is 2.27. The van der Waals surface area contributed by atoms with Crippen molar-refractivity contribution in [3.05, 3.63) is 95.6 Å². The summed E-state index contributed by atoms with van der Waals surface area (Å²) >= 11 is 0. The highest BCUT2D eigenvalue weighted by Gasteiger charge is 2.14. The third kappa shape index (κ3) is 4.66. The minimum absolute atomic E-state index is 0.0261. The van der Waals surface area contributed by atoms with Gasteiger partial charge in [-0.25, -0.2) is 0 Å². The lowest BCUT2D eigenvalue weighted by Gasteiger charge is -2.30. The van der Waals surface area contributed by atoms with Gasteiger partial charge in [-0.1, -0.05) is 54.6 Å². The van der Waals surface area contributed by atoms with Crippen LogP contribution in [0.5, 0.6) is 5.75 Å². The number of ether oxygens (including phenoxy) is 1. The average molecular weight is 345 g/mol. The molecule has 0 radical (unpaired) electrons. The van der Waals surface area contributed by atoms with Gasteiger partial charge in [-0.3, -0.25) is 0 Å². The number of hydrogen-bond acceptors (Lipinski definition) is 2. The van der Waals surface area contributed by atoms with Crippen LogP contribution in [-0.2, 0) is 6.42 Å². The standard InChI is InChI=1S/C24H27NO/c1-4-25(23-12-8-9-19(2)17-23)20(3)26-24-15-13-22(14-16-24)18-21-10-6-5-7-11-21/h5-17,20H,4,18H2,1-3H3. The zero-order chi connectivity index (χ0) is 18.4. The normalized spacial score (nSPS) is 11.8. The molecule has 0 N–H and O–H groups in total. The Morgan fingerprint density at radius 1 is 0.846 bits per heavy atom. The van der Waals surface area contributed by atoms with Gasteiger partial charge in [0.2, 0.25) is 0 Å². The molecule has 0 saturated heterocycles. The molecular formula is C24H27NO. The van der Waals surface area contributed by atoms with Crippen LogP contribution in [0.2, 0.25) is 0 Å². The summed E-state index contributed by atoms with van der Waals surface area (Å²) in [6, 6.07) is 27.5. The highest BCUT2D eigenvalue weighted by atomic mass is 16.5. The van der Waals surface area contributed by atoms with Crippen LogP contribution >= 0.6 is 0 Å². The number of rotatable bonds is 7. The maximum Gasteiger partial charge on any atom is 0.169 e. The monoisotopic (exact) mass is 345 g/mol. The van der Waals surface area contributed by atoms with Crippen molar-refractivity contribution in [2.45, 2.75) is 33.4 Å². The lowest BCUT2D eigenvalue weighted by Crippen LogP contribution is -2.37. The maximum atomic E-state index is 6.19. The Morgan fingerprint density at radius 2 is 1.54 bits per heavy atom. The Labute approximate surface area is 157 Å². The first-order chi connectivity index (χ1) is 12.7. The van der Waals surface area contributed by atoms with Crippen LogP contribution < -0.4 is 9.64 Å². The highest BCUT2D eigenvalue weighted by molar-refractivity contribution is 5.49. The largest absolute Gasteiger partial charge is 0.471 e. The van der Waals surface area contributed by atoms with Crippen LogP contribution in [-0.4, -0.2) is 12.8 Å².